The number of nitrogens with zero attached hydrogens (tertiary/aromatic N) is 2. The largest absolute Gasteiger partial charge is 0.171 e. The highest BCUT2D eigenvalue weighted by Gasteiger charge is 1.81. The van der Waals surface area contributed by atoms with Crippen molar-refractivity contribution < 1.29 is 0 Å². The van der Waals surface area contributed by atoms with Gasteiger partial charge in [0.05, 0.1) is 0 Å². The van der Waals surface area contributed by atoms with Gasteiger partial charge in [-0.15, -0.1) is 5.11 Å². The lowest BCUT2D eigenvalue weighted by atomic mass is 10.5. The van der Waals surface area contributed by atoms with Crippen molar-refractivity contribution in [1.82, 2.24) is 0 Å². The summed E-state index contributed by atoms with van der Waals surface area (Å²) in [6.45, 7) is 1.97. The molecule has 0 aromatic rings. The summed E-state index contributed by atoms with van der Waals surface area (Å²) in [5.41, 5.74) is 0. The molecule has 0 saturated carbocycles. The van der Waals surface area contributed by atoms with Crippen molar-refractivity contribution >= 4 is 23.2 Å². The fourth-order valence-electron chi connectivity index (χ4n) is 0.304. The molecular formula is C5H8Cl2N2. The molecule has 0 rings (SSSR count). The fraction of sp³-hybridized carbons (Fsp3) is 0.600. The van der Waals surface area contributed by atoms with Crippen molar-refractivity contribution in [2.45, 2.75) is 13.3 Å². The molecule has 0 aromatic carbocycles. The van der Waals surface area contributed by atoms with Crippen LogP contribution in [0.4, 0.5) is 0 Å². The third-order valence-corrected chi connectivity index (χ3v) is 0.929. The molecule has 0 radical (unpaired) electrons. The van der Waals surface area contributed by atoms with Crippen molar-refractivity contribution in [2.75, 3.05) is 6.00 Å². The summed E-state index contributed by atoms with van der Waals surface area (Å²) in [4.78, 5) is 0. The summed E-state index contributed by atoms with van der Waals surface area (Å²) in [6, 6.07) is 0.160. The van der Waals surface area contributed by atoms with E-state index < -0.39 is 0 Å². The van der Waals surface area contributed by atoms with Crippen LogP contribution in [0.1, 0.15) is 13.3 Å². The average molecular weight is 167 g/mol. The van der Waals surface area contributed by atoms with Crippen molar-refractivity contribution in [2.24, 2.45) is 10.2 Å². The molecule has 0 saturated heterocycles. The van der Waals surface area contributed by atoms with Gasteiger partial charge in [0.25, 0.3) is 0 Å². The minimum absolute atomic E-state index is 0.160. The van der Waals surface area contributed by atoms with E-state index in [1.54, 1.807) is 6.08 Å². The lowest BCUT2D eigenvalue weighted by Gasteiger charge is -1.82. The SMILES string of the molecule is CC/C=C(Cl)\N=N/CCl. The predicted octanol–water partition coefficient (Wildman–Crippen LogP) is 3.13. The Morgan fingerprint density at radius 2 is 2.33 bits per heavy atom. The summed E-state index contributed by atoms with van der Waals surface area (Å²) in [5.74, 6) is 0. The van der Waals surface area contributed by atoms with Gasteiger partial charge in [-0.25, -0.2) is 0 Å². The number of azo groups is 1. The highest BCUT2D eigenvalue weighted by Crippen LogP contribution is 2.04. The monoisotopic (exact) mass is 166 g/mol. The molecule has 0 amide bonds. The van der Waals surface area contributed by atoms with E-state index >= 15 is 0 Å². The van der Waals surface area contributed by atoms with Gasteiger partial charge in [0.2, 0.25) is 0 Å². The maximum Gasteiger partial charge on any atom is 0.147 e. The highest BCUT2D eigenvalue weighted by atomic mass is 35.5. The molecule has 52 valence electrons. The Morgan fingerprint density at radius 3 is 2.78 bits per heavy atom. The normalized spacial score (nSPS) is 13.0. The first-order valence-electron chi connectivity index (χ1n) is 2.60. The number of rotatable bonds is 3. The van der Waals surface area contributed by atoms with Crippen LogP contribution < -0.4 is 0 Å². The minimum atomic E-state index is 0.160. The Morgan fingerprint density at radius 1 is 1.67 bits per heavy atom. The van der Waals surface area contributed by atoms with E-state index in [2.05, 4.69) is 10.2 Å². The van der Waals surface area contributed by atoms with Crippen LogP contribution in [0, 0.1) is 0 Å². The maximum atomic E-state index is 5.50. The van der Waals surface area contributed by atoms with Crippen molar-refractivity contribution in [1.29, 1.82) is 0 Å². The van der Waals surface area contributed by atoms with Crippen molar-refractivity contribution in [3.8, 4) is 0 Å². The molecule has 0 aromatic heterocycles. The zero-order valence-electron chi connectivity index (χ0n) is 5.14. The molecule has 0 aliphatic carbocycles. The predicted molar refractivity (Wildman–Crippen MR) is 39.8 cm³/mol. The van der Waals surface area contributed by atoms with Gasteiger partial charge < -0.3 is 0 Å². The van der Waals surface area contributed by atoms with Gasteiger partial charge in [0.1, 0.15) is 11.2 Å². The summed E-state index contributed by atoms with van der Waals surface area (Å²) in [5, 5.41) is 7.43. The molecule has 0 heterocycles. The summed E-state index contributed by atoms with van der Waals surface area (Å²) in [6.07, 6.45) is 2.62. The Bertz CT molecular complexity index is 120. The van der Waals surface area contributed by atoms with Crippen LogP contribution in [-0.2, 0) is 0 Å². The molecule has 9 heavy (non-hydrogen) atoms. The van der Waals surface area contributed by atoms with Gasteiger partial charge in [-0.05, 0) is 12.5 Å². The van der Waals surface area contributed by atoms with Gasteiger partial charge in [-0.3, -0.25) is 0 Å². The lowest BCUT2D eigenvalue weighted by Crippen LogP contribution is -1.63. The molecule has 4 heteroatoms. The quantitative estimate of drug-likeness (QED) is 0.350. The van der Waals surface area contributed by atoms with Gasteiger partial charge in [0.15, 0.2) is 0 Å². The van der Waals surface area contributed by atoms with E-state index in [9.17, 15) is 0 Å². The Balaban J connectivity index is 3.60. The molecule has 0 aliphatic heterocycles. The molecule has 0 aliphatic rings. The molecular weight excluding hydrogens is 159 g/mol. The van der Waals surface area contributed by atoms with Crippen LogP contribution in [0.2, 0.25) is 0 Å². The molecule has 0 bridgehead atoms. The zero-order valence-corrected chi connectivity index (χ0v) is 6.65. The van der Waals surface area contributed by atoms with E-state index in [0.717, 1.165) is 6.42 Å². The molecule has 0 fully saturated rings. The number of hydrogen-bond acceptors (Lipinski definition) is 2. The molecule has 0 unspecified atom stereocenters. The fourth-order valence-corrected chi connectivity index (χ4v) is 0.565. The third kappa shape index (κ3) is 5.80. The van der Waals surface area contributed by atoms with E-state index in [4.69, 9.17) is 23.2 Å². The second kappa shape index (κ2) is 6.05. The van der Waals surface area contributed by atoms with Gasteiger partial charge in [-0.2, -0.15) is 5.11 Å². The topological polar surface area (TPSA) is 24.7 Å². The van der Waals surface area contributed by atoms with E-state index in [1.807, 2.05) is 6.92 Å². The molecule has 0 spiro atoms. The molecule has 0 atom stereocenters. The first-order valence-corrected chi connectivity index (χ1v) is 3.51. The number of alkyl halides is 1. The number of allylic oxidation sites excluding steroid dienone is 1. The standard InChI is InChI=1S/C5H8Cl2N2/c1-2-3-5(7)9-8-4-6/h3H,2,4H2,1H3/b5-3-,9-8-. The second-order valence-corrected chi connectivity index (χ2v) is 1.92. The zero-order chi connectivity index (χ0) is 7.11. The lowest BCUT2D eigenvalue weighted by molar-refractivity contribution is 1.09. The van der Waals surface area contributed by atoms with Crippen molar-refractivity contribution in [3.05, 3.63) is 11.2 Å². The van der Waals surface area contributed by atoms with Crippen LogP contribution in [0.3, 0.4) is 0 Å². The van der Waals surface area contributed by atoms with Crippen LogP contribution in [0.25, 0.3) is 0 Å². The van der Waals surface area contributed by atoms with Crippen LogP contribution in [0.5, 0.6) is 0 Å². The van der Waals surface area contributed by atoms with Crippen LogP contribution >= 0.6 is 23.2 Å². The maximum absolute atomic E-state index is 5.50. The Labute approximate surface area is 64.6 Å². The molecule has 2 nitrogen and oxygen atoms in total. The van der Waals surface area contributed by atoms with Gasteiger partial charge in [0, 0.05) is 0 Å². The highest BCUT2D eigenvalue weighted by molar-refractivity contribution is 6.29. The van der Waals surface area contributed by atoms with Crippen LogP contribution in [-0.4, -0.2) is 6.00 Å². The summed E-state index contributed by atoms with van der Waals surface area (Å²) >= 11 is 10.7. The van der Waals surface area contributed by atoms with Crippen LogP contribution in [0.15, 0.2) is 21.5 Å². The number of halogens is 2. The Kier molecular flexibility index (Phi) is 5.99. The summed E-state index contributed by atoms with van der Waals surface area (Å²) in [7, 11) is 0. The minimum Gasteiger partial charge on any atom is -0.171 e. The summed E-state index contributed by atoms with van der Waals surface area (Å²) < 4.78 is 0. The average Bonchev–Trinajstić information content (AvgIpc) is 1.85. The third-order valence-electron chi connectivity index (χ3n) is 0.592. The van der Waals surface area contributed by atoms with E-state index in [1.165, 1.54) is 0 Å². The second-order valence-electron chi connectivity index (χ2n) is 1.30. The number of hydrogen-bond donors (Lipinski definition) is 0. The van der Waals surface area contributed by atoms with E-state index in [0.29, 0.717) is 5.16 Å². The van der Waals surface area contributed by atoms with Crippen molar-refractivity contribution in [3.63, 3.8) is 0 Å². The van der Waals surface area contributed by atoms with E-state index in [-0.39, 0.29) is 6.00 Å². The first kappa shape index (κ1) is 8.92. The van der Waals surface area contributed by atoms with Gasteiger partial charge >= 0.3 is 0 Å². The van der Waals surface area contributed by atoms with Gasteiger partial charge in [-0.1, -0.05) is 30.1 Å². The molecule has 0 N–H and O–H groups in total. The smallest absolute Gasteiger partial charge is 0.147 e. The first-order chi connectivity index (χ1) is 4.31. The Hall–Kier alpha value is -0.0800.